The van der Waals surface area contributed by atoms with Crippen molar-refractivity contribution >= 4 is 35.8 Å². The highest BCUT2D eigenvalue weighted by atomic mass is 35.5. The van der Waals surface area contributed by atoms with Gasteiger partial charge in [0.1, 0.15) is 5.56 Å². The zero-order chi connectivity index (χ0) is 14.7. The lowest BCUT2D eigenvalue weighted by Crippen LogP contribution is -2.45. The summed E-state index contributed by atoms with van der Waals surface area (Å²) in [5.74, 6) is -0.303. The summed E-state index contributed by atoms with van der Waals surface area (Å²) in [6, 6.07) is 4.59. The Hall–Kier alpha value is -1.31. The van der Waals surface area contributed by atoms with Crippen molar-refractivity contribution in [2.24, 2.45) is 5.73 Å². The molecular weight excluding hydrogens is 314 g/mol. The molecule has 116 valence electrons. The van der Waals surface area contributed by atoms with Gasteiger partial charge in [0.2, 0.25) is 0 Å². The van der Waals surface area contributed by atoms with Crippen LogP contribution in [0, 0.1) is 10.1 Å². The molecule has 1 saturated heterocycles. The van der Waals surface area contributed by atoms with E-state index >= 15 is 0 Å². The average Bonchev–Trinajstić information content (AvgIpc) is 2.45. The quantitative estimate of drug-likeness (QED) is 0.521. The maximum Gasteiger partial charge on any atom is 0.282 e. The fourth-order valence-electron chi connectivity index (χ4n) is 2.34. The van der Waals surface area contributed by atoms with Crippen LogP contribution in [0.25, 0.3) is 0 Å². The van der Waals surface area contributed by atoms with Crippen molar-refractivity contribution in [1.82, 2.24) is 4.90 Å². The molecule has 1 aliphatic heterocycles. The molecule has 1 fully saturated rings. The number of nitrogens with two attached hydrogens (primary N) is 1. The Morgan fingerprint density at radius 2 is 2.24 bits per heavy atom. The first-order valence-corrected chi connectivity index (χ1v) is 7.62. The summed E-state index contributed by atoms with van der Waals surface area (Å²) in [5, 5.41) is 11.1. The number of hydrogen-bond donors (Lipinski definition) is 1. The number of nitro benzene ring substituents is 1. The number of nitro groups is 1. The summed E-state index contributed by atoms with van der Waals surface area (Å²) in [6.07, 6.45) is 3.59. The predicted molar refractivity (Wildman–Crippen MR) is 85.2 cm³/mol. The highest BCUT2D eigenvalue weighted by Crippen LogP contribution is 2.26. The number of benzene rings is 1. The summed E-state index contributed by atoms with van der Waals surface area (Å²) in [6.45, 7) is 1.06. The number of piperidine rings is 1. The first-order valence-electron chi connectivity index (χ1n) is 6.40. The Morgan fingerprint density at radius 3 is 2.81 bits per heavy atom. The van der Waals surface area contributed by atoms with Crippen molar-refractivity contribution in [3.63, 3.8) is 0 Å². The van der Waals surface area contributed by atoms with Gasteiger partial charge in [-0.1, -0.05) is 0 Å². The van der Waals surface area contributed by atoms with Gasteiger partial charge in [0, 0.05) is 30.1 Å². The van der Waals surface area contributed by atoms with Crippen molar-refractivity contribution in [2.45, 2.75) is 23.8 Å². The molecule has 1 heterocycles. The van der Waals surface area contributed by atoms with Crippen LogP contribution in [-0.4, -0.2) is 41.1 Å². The monoisotopic (exact) mass is 331 g/mol. The Kier molecular flexibility index (Phi) is 6.44. The molecular formula is C13H18ClN3O3S. The molecule has 1 aliphatic rings. The van der Waals surface area contributed by atoms with Gasteiger partial charge in [-0.25, -0.2) is 0 Å². The molecule has 0 bridgehead atoms. The average molecular weight is 332 g/mol. The number of hydrogen-bond acceptors (Lipinski definition) is 5. The molecule has 1 unspecified atom stereocenters. The van der Waals surface area contributed by atoms with E-state index in [1.165, 1.54) is 17.8 Å². The number of rotatable bonds is 3. The molecule has 6 nitrogen and oxygen atoms in total. The zero-order valence-corrected chi connectivity index (χ0v) is 13.3. The third-order valence-electron chi connectivity index (χ3n) is 3.38. The molecule has 1 aromatic rings. The lowest BCUT2D eigenvalue weighted by Gasteiger charge is -2.30. The molecule has 0 aliphatic carbocycles. The normalized spacial score (nSPS) is 18.0. The Morgan fingerprint density at radius 1 is 1.52 bits per heavy atom. The molecule has 0 spiro atoms. The van der Waals surface area contributed by atoms with Crippen molar-refractivity contribution < 1.29 is 9.72 Å². The molecule has 1 atom stereocenters. The highest BCUT2D eigenvalue weighted by molar-refractivity contribution is 7.98. The second-order valence-corrected chi connectivity index (χ2v) is 5.67. The van der Waals surface area contributed by atoms with E-state index < -0.39 is 4.92 Å². The van der Waals surface area contributed by atoms with E-state index in [1.54, 1.807) is 17.0 Å². The lowest BCUT2D eigenvalue weighted by molar-refractivity contribution is -0.385. The zero-order valence-electron chi connectivity index (χ0n) is 11.7. The molecule has 0 saturated carbocycles. The van der Waals surface area contributed by atoms with Crippen LogP contribution in [0.4, 0.5) is 5.69 Å². The fraction of sp³-hybridized carbons (Fsp3) is 0.462. The van der Waals surface area contributed by atoms with Crippen molar-refractivity contribution in [3.8, 4) is 0 Å². The number of nitrogens with zero attached hydrogens (tertiary/aromatic N) is 2. The van der Waals surface area contributed by atoms with Crippen LogP contribution >= 0.6 is 24.2 Å². The molecule has 0 radical (unpaired) electrons. The van der Waals surface area contributed by atoms with E-state index in [0.29, 0.717) is 13.1 Å². The van der Waals surface area contributed by atoms with Crippen LogP contribution in [0.1, 0.15) is 23.2 Å². The fourth-order valence-corrected chi connectivity index (χ4v) is 2.78. The number of thioether (sulfide) groups is 1. The van der Waals surface area contributed by atoms with Crippen molar-refractivity contribution in [1.29, 1.82) is 0 Å². The van der Waals surface area contributed by atoms with Crippen molar-refractivity contribution in [2.75, 3.05) is 19.3 Å². The van der Waals surface area contributed by atoms with Crippen LogP contribution in [0.3, 0.4) is 0 Å². The van der Waals surface area contributed by atoms with Gasteiger partial charge in [-0.15, -0.1) is 24.2 Å². The Labute approximate surface area is 133 Å². The Bertz CT molecular complexity index is 541. The van der Waals surface area contributed by atoms with E-state index in [4.69, 9.17) is 5.73 Å². The van der Waals surface area contributed by atoms with Crippen LogP contribution < -0.4 is 5.73 Å². The largest absolute Gasteiger partial charge is 0.337 e. The van der Waals surface area contributed by atoms with Crippen LogP contribution in [-0.2, 0) is 0 Å². The second kappa shape index (κ2) is 7.63. The maximum atomic E-state index is 12.5. The minimum absolute atomic E-state index is 0. The Balaban J connectivity index is 0.00000220. The van der Waals surface area contributed by atoms with E-state index in [0.717, 1.165) is 17.7 Å². The summed E-state index contributed by atoms with van der Waals surface area (Å²) < 4.78 is 0. The third-order valence-corrected chi connectivity index (χ3v) is 4.10. The summed E-state index contributed by atoms with van der Waals surface area (Å²) in [4.78, 5) is 25.5. The van der Waals surface area contributed by atoms with E-state index in [1.807, 2.05) is 6.26 Å². The second-order valence-electron chi connectivity index (χ2n) is 4.79. The van der Waals surface area contributed by atoms with E-state index in [-0.39, 0.29) is 35.6 Å². The number of carbonyl (C=O) groups is 1. The summed E-state index contributed by atoms with van der Waals surface area (Å²) in [5.41, 5.74) is 5.87. The number of likely N-dealkylation sites (tertiary alicyclic amines) is 1. The molecule has 8 heteroatoms. The molecule has 2 N–H and O–H groups in total. The molecule has 21 heavy (non-hydrogen) atoms. The van der Waals surface area contributed by atoms with Crippen LogP contribution in [0.5, 0.6) is 0 Å². The highest BCUT2D eigenvalue weighted by Gasteiger charge is 2.28. The topological polar surface area (TPSA) is 89.5 Å². The predicted octanol–water partition coefficient (Wildman–Crippen LogP) is 2.30. The smallest absolute Gasteiger partial charge is 0.282 e. The minimum Gasteiger partial charge on any atom is -0.337 e. The molecule has 1 aromatic carbocycles. The first kappa shape index (κ1) is 17.7. The molecule has 1 amide bonds. The maximum absolute atomic E-state index is 12.5. The van der Waals surface area contributed by atoms with Crippen molar-refractivity contribution in [3.05, 3.63) is 33.9 Å². The van der Waals surface area contributed by atoms with E-state index in [2.05, 4.69) is 0 Å². The molecule has 0 aromatic heterocycles. The van der Waals surface area contributed by atoms with Crippen LogP contribution in [0.2, 0.25) is 0 Å². The summed E-state index contributed by atoms with van der Waals surface area (Å²) in [7, 11) is 0. The first-order chi connectivity index (χ1) is 9.52. The van der Waals surface area contributed by atoms with Gasteiger partial charge in [-0.2, -0.15) is 0 Å². The SMILES string of the molecule is CSc1ccc([N+](=O)[O-])c(C(=O)N2CCCC(N)C2)c1.Cl. The van der Waals surface area contributed by atoms with Gasteiger partial charge in [0.15, 0.2) is 0 Å². The molecule has 2 rings (SSSR count). The number of carbonyl (C=O) groups excluding carboxylic acids is 1. The van der Waals surface area contributed by atoms with Gasteiger partial charge in [-0.3, -0.25) is 14.9 Å². The van der Waals surface area contributed by atoms with Gasteiger partial charge in [-0.05, 0) is 31.2 Å². The summed E-state index contributed by atoms with van der Waals surface area (Å²) >= 11 is 1.45. The van der Waals surface area contributed by atoms with Crippen LogP contribution in [0.15, 0.2) is 23.1 Å². The third kappa shape index (κ3) is 4.09. The number of halogens is 1. The lowest BCUT2D eigenvalue weighted by atomic mass is 10.0. The minimum atomic E-state index is -0.513. The standard InChI is InChI=1S/C13H17N3O3S.ClH/c1-20-10-4-5-12(16(18)19)11(7-10)13(17)15-6-2-3-9(14)8-15;/h4-5,7,9H,2-3,6,8,14H2,1H3;1H. The van der Waals surface area contributed by atoms with E-state index in [9.17, 15) is 14.9 Å². The van der Waals surface area contributed by atoms with Gasteiger partial charge in [0.05, 0.1) is 4.92 Å². The number of amides is 1. The van der Waals surface area contributed by atoms with Gasteiger partial charge in [0.25, 0.3) is 11.6 Å². The van der Waals surface area contributed by atoms with Gasteiger partial charge < -0.3 is 10.6 Å². The van der Waals surface area contributed by atoms with Gasteiger partial charge >= 0.3 is 0 Å².